The molecule has 0 fully saturated rings. The molecule has 3 N–H and O–H groups in total. The summed E-state index contributed by atoms with van der Waals surface area (Å²) in [5, 5.41) is 24.9. The van der Waals surface area contributed by atoms with Gasteiger partial charge in [0.1, 0.15) is 11.9 Å². The summed E-state index contributed by atoms with van der Waals surface area (Å²) in [6.45, 7) is 1.71. The first-order valence-corrected chi connectivity index (χ1v) is 8.93. The van der Waals surface area contributed by atoms with Crippen molar-refractivity contribution < 1.29 is 18.8 Å². The molecule has 0 aliphatic heterocycles. The second-order valence-electron chi connectivity index (χ2n) is 5.79. The predicted octanol–water partition coefficient (Wildman–Crippen LogP) is 4.01. The first-order chi connectivity index (χ1) is 13.8. The van der Waals surface area contributed by atoms with Crippen molar-refractivity contribution in [1.29, 1.82) is 0 Å². The van der Waals surface area contributed by atoms with E-state index in [9.17, 15) is 14.5 Å². The first kappa shape index (κ1) is 20.2. The Morgan fingerprint density at radius 2 is 2.07 bits per heavy atom. The van der Waals surface area contributed by atoms with Crippen LogP contribution in [-0.2, 0) is 4.84 Å². The number of nitrogens with one attached hydrogen (secondary N) is 1. The number of hydrogen-bond acceptors (Lipinski definition) is 8. The minimum Gasteiger partial charge on any atom is -0.386 e. The van der Waals surface area contributed by atoms with Gasteiger partial charge in [0, 0.05) is 17.8 Å². The molecule has 1 atom stereocenters. The quantitative estimate of drug-likeness (QED) is 0.241. The Labute approximate surface area is 171 Å². The van der Waals surface area contributed by atoms with Crippen LogP contribution in [0.4, 0.5) is 21.6 Å². The number of aromatic nitrogens is 2. The number of anilines is 2. The summed E-state index contributed by atoms with van der Waals surface area (Å²) in [6.07, 6.45) is -0.548. The molecule has 10 nitrogen and oxygen atoms in total. The van der Waals surface area contributed by atoms with Crippen molar-refractivity contribution in [1.82, 2.24) is 10.3 Å². The monoisotopic (exact) mass is 464 g/mol. The van der Waals surface area contributed by atoms with Crippen LogP contribution in [0.5, 0.6) is 0 Å². The van der Waals surface area contributed by atoms with Gasteiger partial charge in [-0.3, -0.25) is 10.1 Å². The van der Waals surface area contributed by atoms with Gasteiger partial charge in [0.25, 0.3) is 5.69 Å². The first-order valence-electron chi connectivity index (χ1n) is 8.14. The second-order valence-corrected chi connectivity index (χ2v) is 6.64. The van der Waals surface area contributed by atoms with Crippen LogP contribution in [0.1, 0.15) is 24.3 Å². The number of nitrogens with two attached hydrogens (primary N) is 1. The number of hydrogen-bond donors (Lipinski definition) is 2. The fourth-order valence-corrected chi connectivity index (χ4v) is 2.63. The van der Waals surface area contributed by atoms with Crippen LogP contribution in [0.2, 0.25) is 0 Å². The number of rotatable bonds is 6. The van der Waals surface area contributed by atoms with Crippen LogP contribution in [0.3, 0.4) is 0 Å². The lowest BCUT2D eigenvalue weighted by Gasteiger charge is -2.12. The van der Waals surface area contributed by atoms with Gasteiger partial charge in [-0.05, 0) is 69.1 Å². The van der Waals surface area contributed by atoms with Crippen molar-refractivity contribution >= 4 is 39.0 Å². The van der Waals surface area contributed by atoms with Crippen LogP contribution >= 0.6 is 15.9 Å². The number of benzene rings is 2. The molecule has 150 valence electrons. The number of non-ortho nitro benzene ring substituents is 1. The fraction of sp³-hybridized carbons (Fsp3) is 0.118. The highest BCUT2D eigenvalue weighted by Crippen LogP contribution is 2.23. The largest absolute Gasteiger partial charge is 0.386 e. The zero-order valence-corrected chi connectivity index (χ0v) is 16.5. The Bertz CT molecular complexity index is 1060. The van der Waals surface area contributed by atoms with E-state index in [1.165, 1.54) is 30.3 Å². The van der Waals surface area contributed by atoms with E-state index in [1.54, 1.807) is 19.1 Å². The highest BCUT2D eigenvalue weighted by atomic mass is 79.9. The highest BCUT2D eigenvalue weighted by molar-refractivity contribution is 9.10. The Kier molecular flexibility index (Phi) is 6.02. The maximum absolute atomic E-state index is 13.5. The number of nitro groups is 1. The molecule has 1 aromatic heterocycles. The van der Waals surface area contributed by atoms with Gasteiger partial charge >= 0.3 is 0 Å². The van der Waals surface area contributed by atoms with E-state index in [4.69, 9.17) is 10.6 Å². The average molecular weight is 465 g/mol. The SMILES string of the molecule is CC(O/N=C(\Nc1ccc(F)c(Br)c1)c1nonc1N)c1ccc([N+](=O)[O-])cc1. The van der Waals surface area contributed by atoms with Crippen LogP contribution in [0.25, 0.3) is 0 Å². The van der Waals surface area contributed by atoms with E-state index in [0.717, 1.165) is 0 Å². The molecule has 1 unspecified atom stereocenters. The topological polar surface area (TPSA) is 142 Å². The van der Waals surface area contributed by atoms with Gasteiger partial charge in [-0.1, -0.05) is 5.16 Å². The Morgan fingerprint density at radius 1 is 1.34 bits per heavy atom. The van der Waals surface area contributed by atoms with Gasteiger partial charge in [0.05, 0.1) is 9.40 Å². The summed E-state index contributed by atoms with van der Waals surface area (Å²) >= 11 is 3.10. The van der Waals surface area contributed by atoms with Crippen molar-refractivity contribution in [3.05, 3.63) is 74.1 Å². The molecular formula is C17H14BrFN6O4. The summed E-state index contributed by atoms with van der Waals surface area (Å²) in [4.78, 5) is 15.8. The van der Waals surface area contributed by atoms with Crippen LogP contribution in [0.15, 0.2) is 56.7 Å². The number of amidine groups is 1. The third kappa shape index (κ3) is 4.85. The minimum absolute atomic E-state index is 0.0241. The lowest BCUT2D eigenvalue weighted by molar-refractivity contribution is -0.384. The summed E-state index contributed by atoms with van der Waals surface area (Å²) in [7, 11) is 0. The molecule has 0 bridgehead atoms. The second kappa shape index (κ2) is 8.65. The van der Waals surface area contributed by atoms with Gasteiger partial charge in [-0.25, -0.2) is 9.02 Å². The zero-order valence-electron chi connectivity index (χ0n) is 14.9. The van der Waals surface area contributed by atoms with Crippen LogP contribution in [0, 0.1) is 15.9 Å². The molecule has 2 aromatic carbocycles. The average Bonchev–Trinajstić information content (AvgIpc) is 3.13. The molecule has 3 rings (SSSR count). The minimum atomic E-state index is -0.548. The lowest BCUT2D eigenvalue weighted by Crippen LogP contribution is -2.17. The molecule has 0 saturated carbocycles. The maximum atomic E-state index is 13.5. The molecule has 12 heteroatoms. The van der Waals surface area contributed by atoms with Crippen molar-refractivity contribution in [3.63, 3.8) is 0 Å². The summed E-state index contributed by atoms with van der Waals surface area (Å²) in [5.41, 5.74) is 6.94. The van der Waals surface area contributed by atoms with Crippen molar-refractivity contribution in [3.8, 4) is 0 Å². The molecule has 0 radical (unpaired) electrons. The molecule has 3 aromatic rings. The van der Waals surface area contributed by atoms with E-state index >= 15 is 0 Å². The smallest absolute Gasteiger partial charge is 0.269 e. The normalized spacial score (nSPS) is 12.4. The molecule has 1 heterocycles. The molecule has 0 aliphatic rings. The molecule has 0 aliphatic carbocycles. The van der Waals surface area contributed by atoms with Gasteiger partial charge in [0.2, 0.25) is 5.84 Å². The third-order valence-electron chi connectivity index (χ3n) is 3.80. The van der Waals surface area contributed by atoms with E-state index in [-0.39, 0.29) is 27.5 Å². The zero-order chi connectivity index (χ0) is 21.0. The molecular weight excluding hydrogens is 451 g/mol. The Hall–Kier alpha value is -3.54. The summed E-state index contributed by atoms with van der Waals surface area (Å²) in [5.74, 6) is -0.375. The van der Waals surface area contributed by atoms with Gasteiger partial charge in [-0.15, -0.1) is 0 Å². The van der Waals surface area contributed by atoms with Crippen LogP contribution in [-0.4, -0.2) is 21.1 Å². The maximum Gasteiger partial charge on any atom is 0.269 e. The van der Waals surface area contributed by atoms with E-state index in [2.05, 4.69) is 41.3 Å². The van der Waals surface area contributed by atoms with Crippen molar-refractivity contribution in [2.45, 2.75) is 13.0 Å². The molecule has 0 amide bonds. The fourth-order valence-electron chi connectivity index (χ4n) is 2.26. The number of nitrogen functional groups attached to an aromatic ring is 1. The number of nitrogens with zero attached hydrogens (tertiary/aromatic N) is 4. The Morgan fingerprint density at radius 3 is 2.66 bits per heavy atom. The summed E-state index contributed by atoms with van der Waals surface area (Å²) < 4.78 is 18.3. The van der Waals surface area contributed by atoms with Crippen LogP contribution < -0.4 is 11.1 Å². The van der Waals surface area contributed by atoms with Gasteiger partial charge < -0.3 is 15.9 Å². The van der Waals surface area contributed by atoms with E-state index in [0.29, 0.717) is 11.3 Å². The standard InChI is InChI=1S/C17H14BrFN6O4/c1-9(10-2-5-12(6-3-10)25(26)27)28-24-17(15-16(20)23-29-22-15)21-11-4-7-14(19)13(18)8-11/h2-9H,1H3,(H2,20,23)(H,21,24). The third-order valence-corrected chi connectivity index (χ3v) is 4.40. The number of oxime groups is 1. The Balaban J connectivity index is 1.83. The van der Waals surface area contributed by atoms with Gasteiger partial charge in [-0.2, -0.15) is 0 Å². The molecule has 0 saturated heterocycles. The van der Waals surface area contributed by atoms with E-state index < -0.39 is 16.8 Å². The summed E-state index contributed by atoms with van der Waals surface area (Å²) in [6, 6.07) is 10.1. The van der Waals surface area contributed by atoms with Crippen molar-refractivity contribution in [2.24, 2.45) is 5.16 Å². The highest BCUT2D eigenvalue weighted by Gasteiger charge is 2.17. The van der Waals surface area contributed by atoms with Gasteiger partial charge in [0.15, 0.2) is 11.5 Å². The predicted molar refractivity (Wildman–Crippen MR) is 106 cm³/mol. The molecule has 29 heavy (non-hydrogen) atoms. The molecule has 0 spiro atoms. The van der Waals surface area contributed by atoms with E-state index in [1.807, 2.05) is 0 Å². The number of nitro benzene ring substituents is 1. The number of halogens is 2. The lowest BCUT2D eigenvalue weighted by atomic mass is 10.1. The van der Waals surface area contributed by atoms with Crippen molar-refractivity contribution in [2.75, 3.05) is 11.1 Å².